The Morgan fingerprint density at radius 1 is 1.00 bits per heavy atom. The third-order valence-electron chi connectivity index (χ3n) is 7.38. The number of amides is 1. The van der Waals surface area contributed by atoms with E-state index in [1.54, 1.807) is 31.3 Å². The number of thiazole rings is 1. The van der Waals surface area contributed by atoms with Gasteiger partial charge in [-0.05, 0) is 56.1 Å². The highest BCUT2D eigenvalue weighted by Crippen LogP contribution is 2.38. The summed E-state index contributed by atoms with van der Waals surface area (Å²) in [6, 6.07) is 17.2. The van der Waals surface area contributed by atoms with Crippen molar-refractivity contribution in [2.75, 3.05) is 32.1 Å². The molecule has 52 heavy (non-hydrogen) atoms. The van der Waals surface area contributed by atoms with E-state index >= 15 is 0 Å². The molecule has 0 spiro atoms. The zero-order valence-electron chi connectivity index (χ0n) is 28.4. The molecule has 0 aliphatic rings. The summed E-state index contributed by atoms with van der Waals surface area (Å²) in [5.74, 6) is 0.273. The number of halogens is 3. The Balaban J connectivity index is 0.00000468. The largest absolute Gasteiger partial charge is 0.490 e. The molecule has 2 aromatic heterocycles. The van der Waals surface area contributed by atoms with Crippen molar-refractivity contribution in [1.29, 1.82) is 10.5 Å². The first-order chi connectivity index (χ1) is 24.2. The molecule has 0 bridgehead atoms. The van der Waals surface area contributed by atoms with Crippen LogP contribution in [0.1, 0.15) is 43.0 Å². The molecule has 4 aromatic rings. The lowest BCUT2D eigenvalue weighted by Gasteiger charge is -2.17. The molecule has 0 saturated heterocycles. The number of anilines is 1. The fourth-order valence-corrected chi connectivity index (χ4v) is 6.69. The van der Waals surface area contributed by atoms with Gasteiger partial charge < -0.3 is 31.6 Å². The first-order valence-electron chi connectivity index (χ1n) is 15.7. The summed E-state index contributed by atoms with van der Waals surface area (Å²) >= 11 is 8.90. The number of carbonyl (C=O) groups excluding carboxylic acids is 2. The van der Waals surface area contributed by atoms with Crippen molar-refractivity contribution in [2.45, 2.75) is 49.0 Å². The molecule has 12 nitrogen and oxygen atoms in total. The van der Waals surface area contributed by atoms with Crippen LogP contribution in [0.4, 0.5) is 5.82 Å². The van der Waals surface area contributed by atoms with Crippen molar-refractivity contribution in [3.05, 3.63) is 75.8 Å². The van der Waals surface area contributed by atoms with E-state index in [4.69, 9.17) is 37.5 Å². The van der Waals surface area contributed by atoms with E-state index in [0.717, 1.165) is 29.1 Å². The maximum atomic E-state index is 12.4. The standard InChI is InChI=1S/C35H37ClN8O4S2.2ClH/c1-21(42-32(45)29(40)5-3-4-14-37)35(46)48-16-15-47-26-12-8-22(9-13-26)30-27(17-38)31(41-2)44-34(28(30)18-39)50-20-25-19-49-33(43-25)23-6-10-24(36)11-7-23;;/h6-13,19,21,29H,3-5,14-16,20,37,40H2,1-2H3,(H,41,44)(H,42,45);2*1H/t21-,29-;;/m0../s1. The third kappa shape index (κ3) is 12.0. The third-order valence-corrected chi connectivity index (χ3v) is 9.58. The van der Waals surface area contributed by atoms with Crippen LogP contribution in [0.15, 0.2) is 58.9 Å². The second-order valence-electron chi connectivity index (χ2n) is 11.0. The fraction of sp³-hybridized carbons (Fsp3) is 0.314. The summed E-state index contributed by atoms with van der Waals surface area (Å²) in [7, 11) is 1.67. The lowest BCUT2D eigenvalue weighted by Crippen LogP contribution is -2.47. The van der Waals surface area contributed by atoms with Crippen molar-refractivity contribution < 1.29 is 19.1 Å². The smallest absolute Gasteiger partial charge is 0.328 e. The molecule has 276 valence electrons. The zero-order chi connectivity index (χ0) is 36.0. The van der Waals surface area contributed by atoms with E-state index in [0.29, 0.717) is 51.5 Å². The fourth-order valence-electron chi connectivity index (χ4n) is 4.75. The number of nitrogens with two attached hydrogens (primary N) is 2. The van der Waals surface area contributed by atoms with Gasteiger partial charge in [-0.25, -0.2) is 14.8 Å². The number of ether oxygens (including phenoxy) is 2. The minimum Gasteiger partial charge on any atom is -0.490 e. The van der Waals surface area contributed by atoms with E-state index in [-0.39, 0.29) is 49.2 Å². The predicted octanol–water partition coefficient (Wildman–Crippen LogP) is 6.33. The molecular formula is C35H39Cl3N8O4S2. The molecule has 2 atom stereocenters. The number of unbranched alkanes of at least 4 members (excludes halogenated alkanes) is 1. The average Bonchev–Trinajstić information content (AvgIpc) is 3.61. The molecule has 1 amide bonds. The van der Waals surface area contributed by atoms with Crippen LogP contribution in [0, 0.1) is 22.7 Å². The number of pyridine rings is 1. The van der Waals surface area contributed by atoms with Crippen LogP contribution in [-0.2, 0) is 20.1 Å². The number of carbonyl (C=O) groups is 2. The Morgan fingerprint density at radius 2 is 1.67 bits per heavy atom. The van der Waals surface area contributed by atoms with E-state index in [1.165, 1.54) is 30.0 Å². The molecule has 0 radical (unpaired) electrons. The summed E-state index contributed by atoms with van der Waals surface area (Å²) in [6.07, 6.45) is 1.97. The SMILES string of the molecule is CNc1nc(SCc2csc(-c3ccc(Cl)cc3)n2)c(C#N)c(-c2ccc(OCCOC(=O)[C@H](C)NC(=O)[C@@H](N)CCCCN)cc2)c1C#N.Cl.Cl. The van der Waals surface area contributed by atoms with Crippen LogP contribution >= 0.6 is 59.5 Å². The topological polar surface area (TPSA) is 202 Å². The zero-order valence-corrected chi connectivity index (χ0v) is 32.4. The van der Waals surface area contributed by atoms with E-state index in [1.807, 2.05) is 29.6 Å². The van der Waals surface area contributed by atoms with Crippen molar-refractivity contribution >= 4 is 77.2 Å². The molecule has 0 fully saturated rings. The monoisotopic (exact) mass is 804 g/mol. The van der Waals surface area contributed by atoms with E-state index in [9.17, 15) is 20.1 Å². The summed E-state index contributed by atoms with van der Waals surface area (Å²) in [4.78, 5) is 33.9. The number of nitrogens with zero attached hydrogens (tertiary/aromatic N) is 4. The maximum absolute atomic E-state index is 12.4. The van der Waals surface area contributed by atoms with Gasteiger partial charge in [-0.1, -0.05) is 54.0 Å². The molecule has 0 saturated carbocycles. The minimum atomic E-state index is -0.870. The highest BCUT2D eigenvalue weighted by Gasteiger charge is 2.23. The number of nitriles is 2. The first-order valence-corrected chi connectivity index (χ1v) is 18.0. The van der Waals surface area contributed by atoms with Gasteiger partial charge in [-0.2, -0.15) is 10.5 Å². The highest BCUT2D eigenvalue weighted by molar-refractivity contribution is 7.98. The highest BCUT2D eigenvalue weighted by atomic mass is 35.5. The summed E-state index contributed by atoms with van der Waals surface area (Å²) in [5.41, 5.74) is 14.7. The van der Waals surface area contributed by atoms with Gasteiger partial charge in [0.2, 0.25) is 5.91 Å². The molecule has 2 aromatic carbocycles. The van der Waals surface area contributed by atoms with Crippen LogP contribution < -0.4 is 26.8 Å². The normalized spacial score (nSPS) is 11.4. The number of nitrogens with one attached hydrogen (secondary N) is 2. The Bertz CT molecular complexity index is 1870. The Kier molecular flexibility index (Phi) is 18.7. The average molecular weight is 806 g/mol. The van der Waals surface area contributed by atoms with Crippen molar-refractivity contribution in [1.82, 2.24) is 15.3 Å². The van der Waals surface area contributed by atoms with Gasteiger partial charge in [0.25, 0.3) is 0 Å². The molecule has 17 heteroatoms. The molecule has 0 unspecified atom stereocenters. The number of esters is 1. The molecule has 4 rings (SSSR count). The minimum absolute atomic E-state index is 0. The predicted molar refractivity (Wildman–Crippen MR) is 210 cm³/mol. The lowest BCUT2D eigenvalue weighted by atomic mass is 9.96. The van der Waals surface area contributed by atoms with E-state index < -0.39 is 24.0 Å². The second kappa shape index (κ2) is 22.1. The number of thioether (sulfide) groups is 1. The van der Waals surface area contributed by atoms with Gasteiger partial charge >= 0.3 is 5.97 Å². The van der Waals surface area contributed by atoms with Gasteiger partial charge in [0, 0.05) is 34.3 Å². The van der Waals surface area contributed by atoms with Crippen molar-refractivity contribution in [3.8, 4) is 39.6 Å². The molecule has 0 aliphatic carbocycles. The van der Waals surface area contributed by atoms with Crippen LogP contribution in [-0.4, -0.2) is 60.7 Å². The van der Waals surface area contributed by atoms with Gasteiger partial charge in [0.1, 0.15) is 58.6 Å². The number of hydrogen-bond acceptors (Lipinski definition) is 13. The van der Waals surface area contributed by atoms with Gasteiger partial charge in [-0.3, -0.25) is 4.79 Å². The number of rotatable bonds is 17. The van der Waals surface area contributed by atoms with Crippen LogP contribution in [0.5, 0.6) is 5.75 Å². The van der Waals surface area contributed by atoms with Gasteiger partial charge in [0.05, 0.1) is 17.3 Å². The number of benzene rings is 2. The van der Waals surface area contributed by atoms with Gasteiger partial charge in [-0.15, -0.1) is 36.2 Å². The molecule has 6 N–H and O–H groups in total. The van der Waals surface area contributed by atoms with E-state index in [2.05, 4.69) is 27.8 Å². The first kappa shape index (κ1) is 44.0. The molecular weight excluding hydrogens is 767 g/mol. The number of hydrogen-bond donors (Lipinski definition) is 4. The Labute approximate surface area is 328 Å². The summed E-state index contributed by atoms with van der Waals surface area (Å²) < 4.78 is 11.0. The van der Waals surface area contributed by atoms with Crippen molar-refractivity contribution in [2.24, 2.45) is 11.5 Å². The number of aromatic nitrogens is 2. The second-order valence-corrected chi connectivity index (χ2v) is 13.2. The van der Waals surface area contributed by atoms with Crippen LogP contribution in [0.3, 0.4) is 0 Å². The maximum Gasteiger partial charge on any atom is 0.328 e. The van der Waals surface area contributed by atoms with Crippen LogP contribution in [0.25, 0.3) is 21.7 Å². The summed E-state index contributed by atoms with van der Waals surface area (Å²) in [6.45, 7) is 2.07. The Morgan fingerprint density at radius 3 is 2.31 bits per heavy atom. The molecule has 0 aliphatic heterocycles. The quantitative estimate of drug-likeness (QED) is 0.0526. The lowest BCUT2D eigenvalue weighted by molar-refractivity contribution is -0.148. The van der Waals surface area contributed by atoms with Crippen molar-refractivity contribution in [3.63, 3.8) is 0 Å². The van der Waals surface area contributed by atoms with Crippen LogP contribution in [0.2, 0.25) is 5.02 Å². The molecule has 2 heterocycles. The van der Waals surface area contributed by atoms with Gasteiger partial charge in [0.15, 0.2) is 0 Å². The Hall–Kier alpha value is -4.12. The summed E-state index contributed by atoms with van der Waals surface area (Å²) in [5, 5.41) is 29.8.